The molecule has 1 atom stereocenters. The van der Waals surface area contributed by atoms with Gasteiger partial charge in [0.2, 0.25) is 0 Å². The Morgan fingerprint density at radius 3 is 2.47 bits per heavy atom. The summed E-state index contributed by atoms with van der Waals surface area (Å²) < 4.78 is 14.9. The Morgan fingerprint density at radius 2 is 1.89 bits per heavy atom. The van der Waals surface area contributed by atoms with E-state index >= 15 is 0 Å². The first-order valence-electron chi connectivity index (χ1n) is 6.06. The van der Waals surface area contributed by atoms with Gasteiger partial charge in [-0.05, 0) is 36.4 Å². The molecule has 0 aliphatic carbocycles. The second kappa shape index (κ2) is 6.51. The standard InChI is InChI=1S/C15H14BrClFN/c1-2-19-15(10-6-8-11(17)9-7-10)14-12(16)4-3-5-13(14)18/h3-9,15,19H,2H2,1H3. The molecule has 0 aliphatic heterocycles. The van der Waals surface area contributed by atoms with Crippen molar-refractivity contribution in [1.82, 2.24) is 5.32 Å². The topological polar surface area (TPSA) is 12.0 Å². The summed E-state index contributed by atoms with van der Waals surface area (Å²) >= 11 is 9.32. The monoisotopic (exact) mass is 341 g/mol. The number of hydrogen-bond acceptors (Lipinski definition) is 1. The predicted octanol–water partition coefficient (Wildman–Crippen LogP) is 4.94. The molecule has 4 heteroatoms. The number of hydrogen-bond donors (Lipinski definition) is 1. The van der Waals surface area contributed by atoms with Gasteiger partial charge in [-0.2, -0.15) is 0 Å². The van der Waals surface area contributed by atoms with Crippen LogP contribution >= 0.6 is 27.5 Å². The third-order valence-electron chi connectivity index (χ3n) is 2.90. The number of benzene rings is 2. The van der Waals surface area contributed by atoms with Gasteiger partial charge in [0.25, 0.3) is 0 Å². The van der Waals surface area contributed by atoms with Gasteiger partial charge in [-0.1, -0.05) is 52.7 Å². The fourth-order valence-electron chi connectivity index (χ4n) is 2.03. The molecule has 0 saturated carbocycles. The lowest BCUT2D eigenvalue weighted by Gasteiger charge is -2.21. The smallest absolute Gasteiger partial charge is 0.129 e. The van der Waals surface area contributed by atoms with Gasteiger partial charge in [0, 0.05) is 15.1 Å². The highest BCUT2D eigenvalue weighted by atomic mass is 79.9. The van der Waals surface area contributed by atoms with Crippen LogP contribution in [0.4, 0.5) is 4.39 Å². The van der Waals surface area contributed by atoms with Crippen LogP contribution in [0.15, 0.2) is 46.9 Å². The molecule has 2 aromatic rings. The Labute approximate surface area is 125 Å². The average molecular weight is 343 g/mol. The molecule has 19 heavy (non-hydrogen) atoms. The van der Waals surface area contributed by atoms with Crippen molar-refractivity contribution in [3.05, 3.63) is 68.9 Å². The summed E-state index contributed by atoms with van der Waals surface area (Å²) in [4.78, 5) is 0. The molecule has 0 spiro atoms. The predicted molar refractivity (Wildman–Crippen MR) is 81.1 cm³/mol. The van der Waals surface area contributed by atoms with Crippen molar-refractivity contribution in [2.75, 3.05) is 6.54 Å². The number of rotatable bonds is 4. The Morgan fingerprint density at radius 1 is 1.21 bits per heavy atom. The van der Waals surface area contributed by atoms with Crippen LogP contribution < -0.4 is 5.32 Å². The second-order valence-corrected chi connectivity index (χ2v) is 5.47. The summed E-state index contributed by atoms with van der Waals surface area (Å²) in [6.45, 7) is 2.74. The first-order chi connectivity index (χ1) is 9.13. The molecular weight excluding hydrogens is 329 g/mol. The Hall–Kier alpha value is -0.900. The number of nitrogens with one attached hydrogen (secondary N) is 1. The Bertz CT molecular complexity index is 536. The molecule has 0 bridgehead atoms. The van der Waals surface area contributed by atoms with E-state index in [1.54, 1.807) is 6.07 Å². The molecule has 0 fully saturated rings. The lowest BCUT2D eigenvalue weighted by atomic mass is 9.98. The molecule has 0 radical (unpaired) electrons. The summed E-state index contributed by atoms with van der Waals surface area (Å²) in [7, 11) is 0. The van der Waals surface area contributed by atoms with Crippen molar-refractivity contribution in [2.24, 2.45) is 0 Å². The maximum atomic E-state index is 14.1. The highest BCUT2D eigenvalue weighted by Gasteiger charge is 2.19. The normalized spacial score (nSPS) is 12.4. The van der Waals surface area contributed by atoms with E-state index in [2.05, 4.69) is 21.2 Å². The second-order valence-electron chi connectivity index (χ2n) is 4.18. The maximum Gasteiger partial charge on any atom is 0.129 e. The molecule has 0 heterocycles. The largest absolute Gasteiger partial charge is 0.306 e. The highest BCUT2D eigenvalue weighted by Crippen LogP contribution is 2.31. The molecule has 0 aromatic heterocycles. The van der Waals surface area contributed by atoms with E-state index in [-0.39, 0.29) is 11.9 Å². The minimum atomic E-state index is -0.227. The van der Waals surface area contributed by atoms with E-state index in [4.69, 9.17) is 11.6 Å². The zero-order valence-corrected chi connectivity index (χ0v) is 12.8. The lowest BCUT2D eigenvalue weighted by molar-refractivity contribution is 0.556. The molecule has 0 aliphatic rings. The number of halogens is 3. The van der Waals surface area contributed by atoms with Crippen LogP contribution in [0, 0.1) is 5.82 Å². The van der Waals surface area contributed by atoms with Gasteiger partial charge in [0.15, 0.2) is 0 Å². The van der Waals surface area contributed by atoms with Gasteiger partial charge in [-0.3, -0.25) is 0 Å². The van der Waals surface area contributed by atoms with Crippen molar-refractivity contribution in [3.63, 3.8) is 0 Å². The molecule has 0 saturated heterocycles. The van der Waals surface area contributed by atoms with Crippen LogP contribution in [0.1, 0.15) is 24.1 Å². The van der Waals surface area contributed by atoms with Crippen molar-refractivity contribution < 1.29 is 4.39 Å². The third-order valence-corrected chi connectivity index (χ3v) is 3.84. The van der Waals surface area contributed by atoms with E-state index in [0.29, 0.717) is 10.6 Å². The van der Waals surface area contributed by atoms with Crippen molar-refractivity contribution in [3.8, 4) is 0 Å². The van der Waals surface area contributed by atoms with E-state index in [1.165, 1.54) is 6.07 Å². The quantitative estimate of drug-likeness (QED) is 0.830. The molecule has 1 unspecified atom stereocenters. The summed E-state index contributed by atoms with van der Waals surface area (Å²) in [5.74, 6) is -0.227. The summed E-state index contributed by atoms with van der Waals surface area (Å²) in [6, 6.07) is 12.3. The summed E-state index contributed by atoms with van der Waals surface area (Å²) in [6.07, 6.45) is 0. The summed E-state index contributed by atoms with van der Waals surface area (Å²) in [5.41, 5.74) is 1.60. The van der Waals surface area contributed by atoms with Gasteiger partial charge in [-0.15, -0.1) is 0 Å². The molecule has 0 amide bonds. The fourth-order valence-corrected chi connectivity index (χ4v) is 2.73. The Kier molecular flexibility index (Phi) is 4.97. The van der Waals surface area contributed by atoms with E-state index in [9.17, 15) is 4.39 Å². The fraction of sp³-hybridized carbons (Fsp3) is 0.200. The third kappa shape index (κ3) is 3.35. The Balaban J connectivity index is 2.48. The molecule has 2 rings (SSSR count). The minimum Gasteiger partial charge on any atom is -0.306 e. The zero-order chi connectivity index (χ0) is 13.8. The molecular formula is C15H14BrClFN. The van der Waals surface area contributed by atoms with Gasteiger partial charge in [0.05, 0.1) is 6.04 Å². The molecule has 1 N–H and O–H groups in total. The highest BCUT2D eigenvalue weighted by molar-refractivity contribution is 9.10. The SMILES string of the molecule is CCNC(c1ccc(Cl)cc1)c1c(F)cccc1Br. The van der Waals surface area contributed by atoms with Crippen LogP contribution in [0.2, 0.25) is 5.02 Å². The first-order valence-corrected chi connectivity index (χ1v) is 7.23. The first kappa shape index (κ1) is 14.5. The zero-order valence-electron chi connectivity index (χ0n) is 10.5. The van der Waals surface area contributed by atoms with E-state index < -0.39 is 0 Å². The minimum absolute atomic E-state index is 0.196. The average Bonchev–Trinajstić information content (AvgIpc) is 2.38. The van der Waals surface area contributed by atoms with Crippen molar-refractivity contribution >= 4 is 27.5 Å². The van der Waals surface area contributed by atoms with Gasteiger partial charge >= 0.3 is 0 Å². The molecule has 2 aromatic carbocycles. The van der Waals surface area contributed by atoms with Gasteiger partial charge in [0.1, 0.15) is 5.82 Å². The van der Waals surface area contributed by atoms with Crippen LogP contribution in [0.5, 0.6) is 0 Å². The van der Waals surface area contributed by atoms with Gasteiger partial charge < -0.3 is 5.32 Å². The van der Waals surface area contributed by atoms with Gasteiger partial charge in [-0.25, -0.2) is 4.39 Å². The van der Waals surface area contributed by atoms with E-state index in [1.807, 2.05) is 37.3 Å². The maximum absolute atomic E-state index is 14.1. The van der Waals surface area contributed by atoms with Crippen LogP contribution in [-0.4, -0.2) is 6.54 Å². The molecule has 1 nitrogen and oxygen atoms in total. The van der Waals surface area contributed by atoms with Crippen LogP contribution in [0.3, 0.4) is 0 Å². The molecule has 100 valence electrons. The van der Waals surface area contributed by atoms with Crippen molar-refractivity contribution in [1.29, 1.82) is 0 Å². The van der Waals surface area contributed by atoms with Crippen molar-refractivity contribution in [2.45, 2.75) is 13.0 Å². The van der Waals surface area contributed by atoms with E-state index in [0.717, 1.165) is 16.6 Å². The lowest BCUT2D eigenvalue weighted by Crippen LogP contribution is -2.23. The van der Waals surface area contributed by atoms with Crippen LogP contribution in [0.25, 0.3) is 0 Å². The summed E-state index contributed by atoms with van der Waals surface area (Å²) in [5, 5.41) is 3.98. The van der Waals surface area contributed by atoms with Crippen LogP contribution in [-0.2, 0) is 0 Å².